The maximum Gasteiger partial charge on any atom is 0.305 e. The number of aromatic nitrogens is 2. The summed E-state index contributed by atoms with van der Waals surface area (Å²) in [6.07, 6.45) is 3.01. The lowest BCUT2D eigenvalue weighted by Gasteiger charge is -2.16. The van der Waals surface area contributed by atoms with Gasteiger partial charge in [0.15, 0.2) is 0 Å². The van der Waals surface area contributed by atoms with Crippen LogP contribution in [-0.4, -0.2) is 26.4 Å². The number of fused-ring (bicyclic) bond motifs is 1. The Hall–Kier alpha value is -3.22. The van der Waals surface area contributed by atoms with Crippen LogP contribution in [-0.2, 0) is 4.79 Å². The molecule has 2 N–H and O–H groups in total. The second-order valence-corrected chi connectivity index (χ2v) is 5.27. The van der Waals surface area contributed by atoms with E-state index in [1.54, 1.807) is 28.9 Å². The summed E-state index contributed by atoms with van der Waals surface area (Å²) in [5.41, 5.74) is 1.30. The molecule has 1 atom stereocenters. The lowest BCUT2D eigenvalue weighted by molar-refractivity contribution is -0.137. The van der Waals surface area contributed by atoms with E-state index < -0.39 is 23.7 Å². The number of carboxylic acid groups (broad SMARTS) is 1. The molecule has 122 valence electrons. The number of nitrogens with one attached hydrogen (secondary N) is 1. The average molecular weight is 327 g/mol. The van der Waals surface area contributed by atoms with Gasteiger partial charge in [-0.1, -0.05) is 18.2 Å². The Morgan fingerprint density at radius 2 is 1.96 bits per heavy atom. The van der Waals surface area contributed by atoms with E-state index in [1.807, 2.05) is 6.07 Å². The molecule has 3 rings (SSSR count). The lowest BCUT2D eigenvalue weighted by atomic mass is 10.0. The molecule has 1 unspecified atom stereocenters. The van der Waals surface area contributed by atoms with Gasteiger partial charge in [0.2, 0.25) is 0 Å². The number of nitrogens with zero attached hydrogens (tertiary/aromatic N) is 2. The van der Waals surface area contributed by atoms with E-state index in [1.165, 1.54) is 24.3 Å². The molecule has 2 heterocycles. The Labute approximate surface area is 136 Å². The summed E-state index contributed by atoms with van der Waals surface area (Å²) in [5.74, 6) is -1.99. The van der Waals surface area contributed by atoms with Crippen molar-refractivity contribution in [3.05, 3.63) is 71.9 Å². The van der Waals surface area contributed by atoms with Gasteiger partial charge < -0.3 is 14.8 Å². The molecular weight excluding hydrogens is 313 g/mol. The third-order valence-electron chi connectivity index (χ3n) is 3.55. The van der Waals surface area contributed by atoms with Gasteiger partial charge in [0.05, 0.1) is 12.5 Å². The molecule has 3 aromatic rings. The molecule has 0 radical (unpaired) electrons. The number of hydrogen-bond donors (Lipinski definition) is 2. The van der Waals surface area contributed by atoms with Crippen LogP contribution in [0.4, 0.5) is 4.39 Å². The normalized spacial score (nSPS) is 12.0. The van der Waals surface area contributed by atoms with E-state index in [0.717, 1.165) is 0 Å². The summed E-state index contributed by atoms with van der Waals surface area (Å²) in [6.45, 7) is 0. The van der Waals surface area contributed by atoms with Gasteiger partial charge in [0.25, 0.3) is 5.91 Å². The molecule has 1 amide bonds. The summed E-state index contributed by atoms with van der Waals surface area (Å²) < 4.78 is 14.7. The Balaban J connectivity index is 1.84. The molecule has 2 aromatic heterocycles. The third kappa shape index (κ3) is 3.40. The fourth-order valence-electron chi connectivity index (χ4n) is 2.40. The van der Waals surface area contributed by atoms with Gasteiger partial charge in [-0.3, -0.25) is 9.59 Å². The number of carbonyl (C=O) groups is 2. The Bertz CT molecular complexity index is 856. The minimum absolute atomic E-state index is 0.179. The lowest BCUT2D eigenvalue weighted by Crippen LogP contribution is -2.30. The number of hydrogen-bond acceptors (Lipinski definition) is 3. The molecule has 0 aliphatic heterocycles. The van der Waals surface area contributed by atoms with Crippen molar-refractivity contribution in [2.24, 2.45) is 0 Å². The van der Waals surface area contributed by atoms with Crippen LogP contribution < -0.4 is 5.32 Å². The second-order valence-electron chi connectivity index (χ2n) is 5.27. The van der Waals surface area contributed by atoms with Crippen molar-refractivity contribution in [2.45, 2.75) is 12.5 Å². The van der Waals surface area contributed by atoms with Gasteiger partial charge in [-0.25, -0.2) is 9.37 Å². The van der Waals surface area contributed by atoms with Crippen molar-refractivity contribution in [2.75, 3.05) is 0 Å². The van der Waals surface area contributed by atoms with Crippen molar-refractivity contribution in [3.8, 4) is 0 Å². The summed E-state index contributed by atoms with van der Waals surface area (Å²) in [7, 11) is 0. The van der Waals surface area contributed by atoms with Crippen molar-refractivity contribution in [1.82, 2.24) is 14.7 Å². The predicted molar refractivity (Wildman–Crippen MR) is 84.1 cm³/mol. The zero-order valence-electron chi connectivity index (χ0n) is 12.5. The fourth-order valence-corrected chi connectivity index (χ4v) is 2.40. The van der Waals surface area contributed by atoms with Gasteiger partial charge in [-0.05, 0) is 29.8 Å². The van der Waals surface area contributed by atoms with E-state index >= 15 is 0 Å². The van der Waals surface area contributed by atoms with E-state index in [9.17, 15) is 14.0 Å². The fraction of sp³-hybridized carbons (Fsp3) is 0.118. The van der Waals surface area contributed by atoms with E-state index in [4.69, 9.17) is 5.11 Å². The maximum atomic E-state index is 13.0. The number of benzene rings is 1. The van der Waals surface area contributed by atoms with Crippen LogP contribution in [0.15, 0.2) is 54.9 Å². The summed E-state index contributed by atoms with van der Waals surface area (Å²) >= 11 is 0. The first-order chi connectivity index (χ1) is 11.5. The smallest absolute Gasteiger partial charge is 0.305 e. The number of imidazole rings is 1. The molecule has 7 heteroatoms. The summed E-state index contributed by atoms with van der Waals surface area (Å²) in [4.78, 5) is 27.7. The van der Waals surface area contributed by atoms with E-state index in [0.29, 0.717) is 11.2 Å². The van der Waals surface area contributed by atoms with Crippen molar-refractivity contribution >= 4 is 17.5 Å². The molecule has 0 fully saturated rings. The molecule has 0 spiro atoms. The van der Waals surface area contributed by atoms with E-state index in [-0.39, 0.29) is 12.1 Å². The monoisotopic (exact) mass is 327 g/mol. The topological polar surface area (TPSA) is 83.7 Å². The summed E-state index contributed by atoms with van der Waals surface area (Å²) in [5, 5.41) is 11.7. The van der Waals surface area contributed by atoms with Crippen molar-refractivity contribution in [1.29, 1.82) is 0 Å². The predicted octanol–water partition coefficient (Wildman–Crippen LogP) is 2.42. The third-order valence-corrected chi connectivity index (χ3v) is 3.55. The minimum Gasteiger partial charge on any atom is -0.481 e. The van der Waals surface area contributed by atoms with Crippen LogP contribution in [0.5, 0.6) is 0 Å². The van der Waals surface area contributed by atoms with Gasteiger partial charge in [0, 0.05) is 12.4 Å². The highest BCUT2D eigenvalue weighted by Gasteiger charge is 2.20. The van der Waals surface area contributed by atoms with Crippen LogP contribution in [0.1, 0.15) is 28.5 Å². The second kappa shape index (κ2) is 6.49. The van der Waals surface area contributed by atoms with Crippen molar-refractivity contribution < 1.29 is 19.1 Å². The standard InChI is InChI=1S/C17H14FN3O3/c18-12-6-4-11(5-7-12)13(9-16(22)23)20-17(24)14-10-21-8-2-1-3-15(21)19-14/h1-8,10,13H,9H2,(H,20,24)(H,22,23). The number of carbonyl (C=O) groups excluding carboxylic acids is 1. The number of rotatable bonds is 5. The number of pyridine rings is 1. The number of aliphatic carboxylic acids is 1. The molecule has 1 aromatic carbocycles. The average Bonchev–Trinajstić information content (AvgIpc) is 2.98. The first-order valence-electron chi connectivity index (χ1n) is 7.25. The molecule has 0 aliphatic carbocycles. The Morgan fingerprint density at radius 3 is 2.62 bits per heavy atom. The number of amides is 1. The van der Waals surface area contributed by atoms with Gasteiger partial charge in [0.1, 0.15) is 17.2 Å². The molecule has 0 aliphatic rings. The molecule has 0 bridgehead atoms. The van der Waals surface area contributed by atoms with Crippen LogP contribution in [0.2, 0.25) is 0 Å². The number of carboxylic acids is 1. The zero-order chi connectivity index (χ0) is 17.1. The molecule has 6 nitrogen and oxygen atoms in total. The van der Waals surface area contributed by atoms with Crippen LogP contribution in [0.25, 0.3) is 5.65 Å². The van der Waals surface area contributed by atoms with Crippen molar-refractivity contribution in [3.63, 3.8) is 0 Å². The first kappa shape index (κ1) is 15.7. The minimum atomic E-state index is -1.07. The quantitative estimate of drug-likeness (QED) is 0.754. The highest BCUT2D eigenvalue weighted by atomic mass is 19.1. The SMILES string of the molecule is O=C(O)CC(NC(=O)c1cn2ccccc2n1)c1ccc(F)cc1. The van der Waals surface area contributed by atoms with Gasteiger partial charge in [-0.2, -0.15) is 0 Å². The van der Waals surface area contributed by atoms with E-state index in [2.05, 4.69) is 10.3 Å². The largest absolute Gasteiger partial charge is 0.481 e. The van der Waals surface area contributed by atoms with Crippen LogP contribution in [0, 0.1) is 5.82 Å². The van der Waals surface area contributed by atoms with Crippen LogP contribution in [0.3, 0.4) is 0 Å². The zero-order valence-corrected chi connectivity index (χ0v) is 12.5. The first-order valence-corrected chi connectivity index (χ1v) is 7.25. The maximum absolute atomic E-state index is 13.0. The molecule has 24 heavy (non-hydrogen) atoms. The highest BCUT2D eigenvalue weighted by molar-refractivity contribution is 5.93. The Kier molecular flexibility index (Phi) is 4.24. The molecular formula is C17H14FN3O3. The van der Waals surface area contributed by atoms with Gasteiger partial charge in [-0.15, -0.1) is 0 Å². The van der Waals surface area contributed by atoms with Gasteiger partial charge >= 0.3 is 5.97 Å². The Morgan fingerprint density at radius 1 is 1.21 bits per heavy atom. The van der Waals surface area contributed by atoms with Crippen LogP contribution >= 0.6 is 0 Å². The summed E-state index contributed by atoms with van der Waals surface area (Å²) in [6, 6.07) is 9.94. The number of halogens is 1. The highest BCUT2D eigenvalue weighted by Crippen LogP contribution is 2.18. The molecule has 0 saturated carbocycles. The molecule has 0 saturated heterocycles.